The van der Waals surface area contributed by atoms with Crippen LogP contribution in [0.25, 0.3) is 0 Å². The Balaban J connectivity index is 2.38. The van der Waals surface area contributed by atoms with Crippen LogP contribution in [-0.4, -0.2) is 27.8 Å². The zero-order valence-electron chi connectivity index (χ0n) is 12.1. The molecule has 1 atom stereocenters. The largest absolute Gasteiger partial charge is 0.340 e. The van der Waals surface area contributed by atoms with E-state index in [0.29, 0.717) is 13.0 Å². The van der Waals surface area contributed by atoms with Gasteiger partial charge < -0.3 is 10.2 Å². The topological polar surface area (TPSA) is 49.4 Å². The molecule has 0 spiro atoms. The van der Waals surface area contributed by atoms with E-state index in [-0.39, 0.29) is 11.8 Å². The summed E-state index contributed by atoms with van der Waals surface area (Å²) in [5, 5.41) is 4.82. The van der Waals surface area contributed by atoms with Crippen molar-refractivity contribution >= 4 is 39.1 Å². The molecule has 1 aliphatic heterocycles. The molecular weight excluding hydrogens is 340 g/mol. The third-order valence-electron chi connectivity index (χ3n) is 3.91. The Hall–Kier alpha value is -0.880. The normalized spacial score (nSPS) is 25.8. The van der Waals surface area contributed by atoms with E-state index >= 15 is 0 Å². The van der Waals surface area contributed by atoms with Crippen molar-refractivity contribution in [3.8, 4) is 0 Å². The van der Waals surface area contributed by atoms with Gasteiger partial charge in [0, 0.05) is 14.7 Å². The smallest absolute Gasteiger partial charge is 0.248 e. The van der Waals surface area contributed by atoms with Crippen LogP contribution in [-0.2, 0) is 16.1 Å². The molecule has 0 saturated carbocycles. The predicted molar refractivity (Wildman–Crippen MR) is 83.5 cm³/mol. The zero-order chi connectivity index (χ0) is 15.1. The molecule has 20 heavy (non-hydrogen) atoms. The summed E-state index contributed by atoms with van der Waals surface area (Å²) in [4.78, 5) is 27.9. The Morgan fingerprint density at radius 3 is 2.50 bits per heavy atom. The first-order valence-corrected chi connectivity index (χ1v) is 8.25. The number of piperazine rings is 1. The van der Waals surface area contributed by atoms with Crippen molar-refractivity contribution in [3.63, 3.8) is 0 Å². The molecule has 0 bridgehead atoms. The van der Waals surface area contributed by atoms with Crippen molar-refractivity contribution in [2.24, 2.45) is 0 Å². The summed E-state index contributed by atoms with van der Waals surface area (Å²) in [5.41, 5.74) is -1.64. The van der Waals surface area contributed by atoms with E-state index in [0.717, 1.165) is 9.35 Å². The van der Waals surface area contributed by atoms with E-state index in [4.69, 9.17) is 0 Å². The molecule has 1 saturated heterocycles. The summed E-state index contributed by atoms with van der Waals surface area (Å²) >= 11 is 5.01. The first-order valence-electron chi connectivity index (χ1n) is 6.58. The molecule has 1 unspecified atom stereocenters. The fourth-order valence-corrected chi connectivity index (χ4v) is 3.79. The van der Waals surface area contributed by atoms with Crippen LogP contribution in [0.5, 0.6) is 0 Å². The van der Waals surface area contributed by atoms with Crippen LogP contribution in [0, 0.1) is 0 Å². The monoisotopic (exact) mass is 358 g/mol. The van der Waals surface area contributed by atoms with Crippen LogP contribution in [0.15, 0.2) is 15.9 Å². The van der Waals surface area contributed by atoms with Gasteiger partial charge in [0.05, 0.1) is 6.54 Å². The second-order valence-electron chi connectivity index (χ2n) is 5.83. The number of carbonyl (C=O) groups is 2. The van der Waals surface area contributed by atoms with Gasteiger partial charge in [-0.1, -0.05) is 6.92 Å². The number of nitrogens with one attached hydrogen (secondary N) is 1. The van der Waals surface area contributed by atoms with E-state index in [1.807, 2.05) is 25.3 Å². The van der Waals surface area contributed by atoms with E-state index < -0.39 is 11.1 Å². The molecule has 110 valence electrons. The first-order chi connectivity index (χ1) is 9.20. The van der Waals surface area contributed by atoms with Gasteiger partial charge in [0.15, 0.2) is 0 Å². The highest BCUT2D eigenvalue weighted by Gasteiger charge is 2.51. The van der Waals surface area contributed by atoms with Gasteiger partial charge in [-0.3, -0.25) is 9.59 Å². The van der Waals surface area contributed by atoms with Crippen LogP contribution in [0.4, 0.5) is 0 Å². The minimum Gasteiger partial charge on any atom is -0.340 e. The number of halogens is 1. The Morgan fingerprint density at radius 2 is 2.00 bits per heavy atom. The van der Waals surface area contributed by atoms with Crippen molar-refractivity contribution < 1.29 is 9.59 Å². The lowest BCUT2D eigenvalue weighted by Crippen LogP contribution is -2.72. The Morgan fingerprint density at radius 1 is 1.35 bits per heavy atom. The first kappa shape index (κ1) is 15.5. The third kappa shape index (κ3) is 2.51. The van der Waals surface area contributed by atoms with E-state index in [2.05, 4.69) is 21.2 Å². The standard InChI is InChI=1S/C14H19BrN2O2S/c1-5-14(4)11(18)16-13(2,3)12(19)17(14)7-10-6-9(15)8-20-10/h6,8H,5,7H2,1-4H3,(H,16,18). The molecule has 2 amide bonds. The van der Waals surface area contributed by atoms with Gasteiger partial charge in [-0.05, 0) is 49.2 Å². The number of carbonyl (C=O) groups excluding carboxylic acids is 2. The Labute approximate surface area is 131 Å². The molecule has 2 rings (SSSR count). The van der Waals surface area contributed by atoms with Crippen LogP contribution in [0.2, 0.25) is 0 Å². The molecule has 1 aliphatic rings. The molecule has 1 aromatic rings. The molecule has 0 aromatic carbocycles. The second-order valence-corrected chi connectivity index (χ2v) is 7.74. The van der Waals surface area contributed by atoms with Crippen LogP contribution >= 0.6 is 27.3 Å². The summed E-state index contributed by atoms with van der Waals surface area (Å²) in [5.74, 6) is -0.119. The number of hydrogen-bond donors (Lipinski definition) is 1. The van der Waals surface area contributed by atoms with Gasteiger partial charge >= 0.3 is 0 Å². The van der Waals surface area contributed by atoms with Gasteiger partial charge in [-0.15, -0.1) is 11.3 Å². The lowest BCUT2D eigenvalue weighted by Gasteiger charge is -2.48. The molecular formula is C14H19BrN2O2S. The fourth-order valence-electron chi connectivity index (χ4n) is 2.35. The van der Waals surface area contributed by atoms with Crippen molar-refractivity contribution in [1.82, 2.24) is 10.2 Å². The maximum atomic E-state index is 12.7. The predicted octanol–water partition coefficient (Wildman–Crippen LogP) is 2.92. The second kappa shape index (κ2) is 5.15. The number of thiophene rings is 1. The van der Waals surface area contributed by atoms with Crippen molar-refractivity contribution in [3.05, 3.63) is 20.8 Å². The van der Waals surface area contributed by atoms with E-state index in [1.54, 1.807) is 30.1 Å². The van der Waals surface area contributed by atoms with Gasteiger partial charge in [-0.25, -0.2) is 0 Å². The molecule has 0 radical (unpaired) electrons. The summed E-state index contributed by atoms with van der Waals surface area (Å²) in [6, 6.07) is 1.99. The average Bonchev–Trinajstić information content (AvgIpc) is 2.77. The molecule has 0 aliphatic carbocycles. The lowest BCUT2D eigenvalue weighted by molar-refractivity contribution is -0.161. The van der Waals surface area contributed by atoms with Crippen molar-refractivity contribution in [1.29, 1.82) is 0 Å². The van der Waals surface area contributed by atoms with Gasteiger partial charge in [0.1, 0.15) is 11.1 Å². The zero-order valence-corrected chi connectivity index (χ0v) is 14.5. The van der Waals surface area contributed by atoms with Crippen LogP contribution in [0.3, 0.4) is 0 Å². The Kier molecular flexibility index (Phi) is 3.99. The fraction of sp³-hybridized carbons (Fsp3) is 0.571. The lowest BCUT2D eigenvalue weighted by atomic mass is 9.86. The van der Waals surface area contributed by atoms with Crippen LogP contribution < -0.4 is 5.32 Å². The minimum absolute atomic E-state index is 0.0361. The van der Waals surface area contributed by atoms with Crippen molar-refractivity contribution in [2.75, 3.05) is 0 Å². The van der Waals surface area contributed by atoms with Crippen LogP contribution in [0.1, 0.15) is 39.0 Å². The molecule has 1 N–H and O–H groups in total. The number of rotatable bonds is 3. The number of hydrogen-bond acceptors (Lipinski definition) is 3. The molecule has 1 aromatic heterocycles. The molecule has 6 heteroatoms. The highest BCUT2D eigenvalue weighted by atomic mass is 79.9. The third-order valence-corrected chi connectivity index (χ3v) is 5.60. The van der Waals surface area contributed by atoms with Gasteiger partial charge in [-0.2, -0.15) is 0 Å². The summed E-state index contributed by atoms with van der Waals surface area (Å²) in [6.45, 7) is 7.73. The summed E-state index contributed by atoms with van der Waals surface area (Å²) < 4.78 is 1.00. The number of amides is 2. The summed E-state index contributed by atoms with van der Waals surface area (Å²) in [7, 11) is 0. The molecule has 1 fully saturated rings. The molecule has 4 nitrogen and oxygen atoms in total. The van der Waals surface area contributed by atoms with E-state index in [1.165, 1.54) is 0 Å². The van der Waals surface area contributed by atoms with Gasteiger partial charge in [0.25, 0.3) is 0 Å². The SMILES string of the molecule is CCC1(C)C(=O)NC(C)(C)C(=O)N1Cc1cc(Br)cs1. The average molecular weight is 359 g/mol. The highest BCUT2D eigenvalue weighted by molar-refractivity contribution is 9.10. The van der Waals surface area contributed by atoms with Crippen molar-refractivity contribution in [2.45, 2.75) is 51.7 Å². The maximum Gasteiger partial charge on any atom is 0.248 e. The minimum atomic E-state index is -0.847. The van der Waals surface area contributed by atoms with E-state index in [9.17, 15) is 9.59 Å². The molecule has 2 heterocycles. The quantitative estimate of drug-likeness (QED) is 0.902. The highest BCUT2D eigenvalue weighted by Crippen LogP contribution is 2.32. The maximum absolute atomic E-state index is 12.7. The van der Waals surface area contributed by atoms with Gasteiger partial charge in [0.2, 0.25) is 11.8 Å². The summed E-state index contributed by atoms with van der Waals surface area (Å²) in [6.07, 6.45) is 0.590. The number of nitrogens with zero attached hydrogens (tertiary/aromatic N) is 1. The Bertz CT molecular complexity index is 555.